The van der Waals surface area contributed by atoms with Crippen LogP contribution >= 0.6 is 11.6 Å². The average molecular weight is 758 g/mol. The number of ether oxygens (including phenoxy) is 1. The van der Waals surface area contributed by atoms with Gasteiger partial charge in [0.15, 0.2) is 5.78 Å². The topological polar surface area (TPSA) is 171 Å². The molecule has 3 aliphatic carbocycles. The van der Waals surface area contributed by atoms with Gasteiger partial charge in [-0.2, -0.15) is 0 Å². The lowest BCUT2D eigenvalue weighted by atomic mass is 9.91. The van der Waals surface area contributed by atoms with Crippen LogP contribution in [0.2, 0.25) is 5.02 Å². The first-order chi connectivity index (χ1) is 24.9. The second kappa shape index (κ2) is 15.0. The SMILES string of the molecule is O=C(NC1CCCC1)N[C@H]1CCCCC/C=C\[C@@H]2C[C@@]2(C(=O)NS(=O)(=O)C2CC2)CC(=O)[C@@H]2C[C@@H](OC(=O)N3Cc4cccc(Cl)c4C3)CN2C1=O. The summed E-state index contributed by atoms with van der Waals surface area (Å²) in [6.07, 6.45) is 10.7. The average Bonchev–Trinajstić information content (AvgIpc) is 3.88. The van der Waals surface area contributed by atoms with E-state index in [9.17, 15) is 32.4 Å². The zero-order valence-corrected chi connectivity index (χ0v) is 30.9. The summed E-state index contributed by atoms with van der Waals surface area (Å²) in [5.74, 6) is -1.88. The molecular formula is C37H48ClN5O8S. The first kappa shape index (κ1) is 36.7. The molecule has 3 heterocycles. The van der Waals surface area contributed by atoms with Crippen LogP contribution in [0.25, 0.3) is 0 Å². The number of fused-ring (bicyclic) bond motifs is 3. The van der Waals surface area contributed by atoms with Crippen molar-refractivity contribution in [3.8, 4) is 0 Å². The van der Waals surface area contributed by atoms with Gasteiger partial charge in [0.1, 0.15) is 12.1 Å². The molecule has 52 heavy (non-hydrogen) atoms. The number of nitrogens with zero attached hydrogens (tertiary/aromatic N) is 2. The Balaban J connectivity index is 1.12. The minimum atomic E-state index is -3.85. The number of halogens is 1. The fourth-order valence-corrected chi connectivity index (χ4v) is 10.0. The Morgan fingerprint density at radius 1 is 0.942 bits per heavy atom. The van der Waals surface area contributed by atoms with Gasteiger partial charge in [0, 0.05) is 30.5 Å². The minimum Gasteiger partial charge on any atom is -0.444 e. The molecule has 0 radical (unpaired) electrons. The molecule has 15 heteroatoms. The normalized spacial score (nSPS) is 30.3. The number of rotatable bonds is 6. The maximum absolute atomic E-state index is 14.4. The third kappa shape index (κ3) is 7.97. The van der Waals surface area contributed by atoms with Crippen molar-refractivity contribution in [2.24, 2.45) is 11.3 Å². The van der Waals surface area contributed by atoms with Gasteiger partial charge in [-0.1, -0.05) is 61.6 Å². The van der Waals surface area contributed by atoms with Crippen molar-refractivity contribution in [3.05, 3.63) is 46.5 Å². The number of Topliss-reactive ketones (excluding diaryl/α,β-unsaturated/α-hetero) is 1. The standard InChI is InChI=1S/C37H48ClN5O8S/c38-29-13-8-9-23-20-42(22-28(23)29)36(48)51-26-17-31-32(44)19-37(34(46)41-52(49,50)27-15-16-27)18-24(37)10-4-2-1-3-5-14-30(33(45)43(31)21-26)40-35(47)39-25-11-6-7-12-25/h4,8-10,13,24-27,30-31H,1-3,5-7,11-12,14-22H2,(H,41,46)(H2,39,40,47)/b10-4-/t24-,26-,30+,31+,37-/m1/s1. The summed E-state index contributed by atoms with van der Waals surface area (Å²) < 4.78 is 33.8. The second-order valence-electron chi connectivity index (χ2n) is 15.5. The molecule has 13 nitrogen and oxygen atoms in total. The minimum absolute atomic E-state index is 0.0113. The summed E-state index contributed by atoms with van der Waals surface area (Å²) in [5.41, 5.74) is 0.494. The largest absolute Gasteiger partial charge is 0.444 e. The van der Waals surface area contributed by atoms with Crippen molar-refractivity contribution in [2.75, 3.05) is 6.54 Å². The van der Waals surface area contributed by atoms with E-state index in [1.165, 1.54) is 9.80 Å². The molecule has 0 bridgehead atoms. The molecule has 0 spiro atoms. The lowest BCUT2D eigenvalue weighted by Gasteiger charge is -2.29. The molecule has 4 fully saturated rings. The van der Waals surface area contributed by atoms with Gasteiger partial charge in [-0.3, -0.25) is 24.0 Å². The number of carbonyl (C=O) groups is 5. The third-order valence-electron chi connectivity index (χ3n) is 11.7. The number of sulfonamides is 1. The van der Waals surface area contributed by atoms with Crippen molar-refractivity contribution >= 4 is 51.3 Å². The third-order valence-corrected chi connectivity index (χ3v) is 13.8. The van der Waals surface area contributed by atoms with Gasteiger partial charge in [0.25, 0.3) is 0 Å². The summed E-state index contributed by atoms with van der Waals surface area (Å²) in [6.45, 7) is 0.512. The van der Waals surface area contributed by atoms with E-state index in [0.29, 0.717) is 43.7 Å². The van der Waals surface area contributed by atoms with Crippen LogP contribution in [0.5, 0.6) is 0 Å². The van der Waals surface area contributed by atoms with Gasteiger partial charge >= 0.3 is 12.1 Å². The highest BCUT2D eigenvalue weighted by atomic mass is 35.5. The number of ketones is 1. The van der Waals surface area contributed by atoms with E-state index >= 15 is 0 Å². The zero-order chi connectivity index (χ0) is 36.6. The van der Waals surface area contributed by atoms with E-state index in [2.05, 4.69) is 15.4 Å². The molecule has 3 N–H and O–H groups in total. The Morgan fingerprint density at radius 3 is 2.46 bits per heavy atom. The first-order valence-corrected chi connectivity index (χ1v) is 20.7. The molecule has 3 saturated carbocycles. The van der Waals surface area contributed by atoms with Crippen molar-refractivity contribution in [2.45, 2.75) is 132 Å². The second-order valence-corrected chi connectivity index (χ2v) is 17.9. The summed E-state index contributed by atoms with van der Waals surface area (Å²) in [4.78, 5) is 72.0. The fourth-order valence-electron chi connectivity index (χ4n) is 8.37. The van der Waals surface area contributed by atoms with Crippen LogP contribution in [0.1, 0.15) is 101 Å². The lowest BCUT2D eigenvalue weighted by molar-refractivity contribution is -0.140. The molecule has 3 aliphatic heterocycles. The predicted octanol–water partition coefficient (Wildman–Crippen LogP) is 4.47. The lowest BCUT2D eigenvalue weighted by Crippen LogP contribution is -2.55. The highest BCUT2D eigenvalue weighted by Crippen LogP contribution is 2.57. The van der Waals surface area contributed by atoms with Gasteiger partial charge in [-0.05, 0) is 74.5 Å². The zero-order valence-electron chi connectivity index (χ0n) is 29.3. The number of carbonyl (C=O) groups excluding carboxylic acids is 5. The molecular weight excluding hydrogens is 710 g/mol. The Morgan fingerprint density at radius 2 is 1.71 bits per heavy atom. The van der Waals surface area contributed by atoms with Crippen molar-refractivity contribution < 1.29 is 37.1 Å². The number of benzene rings is 1. The Kier molecular flexibility index (Phi) is 10.6. The number of allylic oxidation sites excluding steroid dienone is 2. The number of hydrogen-bond donors (Lipinski definition) is 3. The van der Waals surface area contributed by atoms with Crippen LogP contribution in [0, 0.1) is 11.3 Å². The van der Waals surface area contributed by atoms with Gasteiger partial charge in [0.2, 0.25) is 21.8 Å². The van der Waals surface area contributed by atoms with Crippen LogP contribution in [0.15, 0.2) is 30.4 Å². The smallest absolute Gasteiger partial charge is 0.410 e. The molecule has 6 aliphatic rings. The van der Waals surface area contributed by atoms with E-state index in [0.717, 1.165) is 56.1 Å². The van der Waals surface area contributed by atoms with E-state index in [-0.39, 0.29) is 37.9 Å². The molecule has 0 aromatic heterocycles. The maximum atomic E-state index is 14.4. The van der Waals surface area contributed by atoms with Gasteiger partial charge in [-0.15, -0.1) is 0 Å². The first-order valence-electron chi connectivity index (χ1n) is 18.8. The summed E-state index contributed by atoms with van der Waals surface area (Å²) in [7, 11) is -3.85. The van der Waals surface area contributed by atoms with Crippen molar-refractivity contribution in [3.63, 3.8) is 0 Å². The molecule has 1 aromatic carbocycles. The maximum Gasteiger partial charge on any atom is 0.410 e. The molecule has 0 unspecified atom stereocenters. The van der Waals surface area contributed by atoms with E-state index in [1.807, 2.05) is 24.3 Å². The molecule has 7 rings (SSSR count). The van der Waals surface area contributed by atoms with E-state index in [4.69, 9.17) is 16.3 Å². The van der Waals surface area contributed by atoms with E-state index in [1.54, 1.807) is 6.07 Å². The van der Waals surface area contributed by atoms with Crippen molar-refractivity contribution in [1.29, 1.82) is 0 Å². The van der Waals surface area contributed by atoms with Crippen LogP contribution in [0.4, 0.5) is 9.59 Å². The molecule has 1 saturated heterocycles. The van der Waals surface area contributed by atoms with E-state index < -0.39 is 68.6 Å². The van der Waals surface area contributed by atoms with Crippen LogP contribution in [0.3, 0.4) is 0 Å². The highest BCUT2D eigenvalue weighted by molar-refractivity contribution is 7.90. The molecule has 282 valence electrons. The van der Waals surface area contributed by atoms with Gasteiger partial charge in [-0.25, -0.2) is 18.0 Å². The predicted molar refractivity (Wildman–Crippen MR) is 191 cm³/mol. The highest BCUT2D eigenvalue weighted by Gasteiger charge is 2.61. The number of hydrogen-bond acceptors (Lipinski definition) is 8. The number of urea groups is 1. The Labute approximate surface area is 309 Å². The van der Waals surface area contributed by atoms with Crippen LogP contribution in [-0.4, -0.2) is 84.0 Å². The fraction of sp³-hybridized carbons (Fsp3) is 0.649. The van der Waals surface area contributed by atoms with Gasteiger partial charge in [0.05, 0.1) is 29.8 Å². The molecule has 5 atom stereocenters. The van der Waals surface area contributed by atoms with Crippen LogP contribution in [-0.2, 0) is 42.2 Å². The monoisotopic (exact) mass is 757 g/mol. The summed E-state index contributed by atoms with van der Waals surface area (Å²) in [5, 5.41) is 5.83. The summed E-state index contributed by atoms with van der Waals surface area (Å²) in [6, 6.07) is 3.13. The summed E-state index contributed by atoms with van der Waals surface area (Å²) >= 11 is 6.37. The quantitative estimate of drug-likeness (QED) is 0.357. The number of nitrogens with one attached hydrogen (secondary N) is 3. The Bertz CT molecular complexity index is 1740. The van der Waals surface area contributed by atoms with Crippen molar-refractivity contribution in [1.82, 2.24) is 25.2 Å². The Hall–Kier alpha value is -3.65. The van der Waals surface area contributed by atoms with Crippen LogP contribution < -0.4 is 15.4 Å². The molecule has 1 aromatic rings. The number of amides is 5. The molecule has 5 amide bonds. The van der Waals surface area contributed by atoms with Gasteiger partial charge < -0.3 is 20.3 Å².